The Bertz CT molecular complexity index is 1020. The number of rotatable bonds is 3. The van der Waals surface area contributed by atoms with Gasteiger partial charge in [0.25, 0.3) is 11.6 Å². The molecule has 2 amide bonds. The lowest BCUT2D eigenvalue weighted by atomic mass is 10.0. The van der Waals surface area contributed by atoms with E-state index in [-0.39, 0.29) is 17.8 Å². The van der Waals surface area contributed by atoms with Gasteiger partial charge in [-0.1, -0.05) is 0 Å². The van der Waals surface area contributed by atoms with E-state index in [9.17, 15) is 19.7 Å². The number of aromatic nitrogens is 2. The van der Waals surface area contributed by atoms with Crippen molar-refractivity contribution in [3.05, 3.63) is 51.2 Å². The van der Waals surface area contributed by atoms with Gasteiger partial charge in [-0.3, -0.25) is 24.5 Å². The molecule has 2 aromatic rings. The molecule has 0 aliphatic carbocycles. The van der Waals surface area contributed by atoms with E-state index in [1.54, 1.807) is 37.4 Å². The summed E-state index contributed by atoms with van der Waals surface area (Å²) < 4.78 is 7.18. The predicted octanol–water partition coefficient (Wildman–Crippen LogP) is 3.57. The summed E-state index contributed by atoms with van der Waals surface area (Å²) in [6, 6.07) is 5.30. The Hall–Kier alpha value is -3.43. The van der Waals surface area contributed by atoms with E-state index in [0.29, 0.717) is 5.82 Å². The van der Waals surface area contributed by atoms with Crippen molar-refractivity contribution in [2.45, 2.75) is 52.3 Å². The predicted molar refractivity (Wildman–Crippen MR) is 109 cm³/mol. The molecule has 0 atom stereocenters. The number of nitrogens with one attached hydrogen (secondary N) is 1. The molecule has 0 saturated heterocycles. The minimum Gasteiger partial charge on any atom is -0.444 e. The monoisotopic (exact) mass is 415 g/mol. The maximum atomic E-state index is 12.7. The molecule has 1 aromatic carbocycles. The van der Waals surface area contributed by atoms with E-state index in [2.05, 4.69) is 10.4 Å². The van der Waals surface area contributed by atoms with E-state index in [4.69, 9.17) is 4.74 Å². The summed E-state index contributed by atoms with van der Waals surface area (Å²) >= 11 is 0. The number of ether oxygens (including phenoxy) is 1. The summed E-state index contributed by atoms with van der Waals surface area (Å²) in [5.41, 5.74) is 0.375. The number of nitrogens with zero attached hydrogens (tertiary/aromatic N) is 4. The number of carbonyl (C=O) groups excluding carboxylic acids is 2. The van der Waals surface area contributed by atoms with Gasteiger partial charge in [0.05, 0.1) is 22.7 Å². The van der Waals surface area contributed by atoms with Crippen LogP contribution in [0.5, 0.6) is 0 Å². The molecule has 160 valence electrons. The Balaban J connectivity index is 1.86. The Kier molecular flexibility index (Phi) is 5.05. The molecule has 0 radical (unpaired) electrons. The number of anilines is 1. The summed E-state index contributed by atoms with van der Waals surface area (Å²) in [4.78, 5) is 37.2. The van der Waals surface area contributed by atoms with Crippen molar-refractivity contribution in [1.29, 1.82) is 0 Å². The summed E-state index contributed by atoms with van der Waals surface area (Å²) in [5.74, 6) is -0.102. The first-order valence-electron chi connectivity index (χ1n) is 9.44. The third kappa shape index (κ3) is 3.85. The second-order valence-electron chi connectivity index (χ2n) is 8.68. The smallest absolute Gasteiger partial charge is 0.411 e. The number of amides is 2. The highest BCUT2D eigenvalue weighted by molar-refractivity contribution is 6.04. The van der Waals surface area contributed by atoms with Crippen LogP contribution in [0.1, 0.15) is 56.2 Å². The topological polar surface area (TPSA) is 120 Å². The van der Waals surface area contributed by atoms with Gasteiger partial charge in [-0.2, -0.15) is 5.10 Å². The molecule has 2 heterocycles. The van der Waals surface area contributed by atoms with Gasteiger partial charge in [-0.15, -0.1) is 0 Å². The highest BCUT2D eigenvalue weighted by Crippen LogP contribution is 2.42. The van der Waals surface area contributed by atoms with Crippen LogP contribution in [-0.2, 0) is 23.9 Å². The molecule has 0 spiro atoms. The first-order valence-corrected chi connectivity index (χ1v) is 9.44. The van der Waals surface area contributed by atoms with Crippen LogP contribution in [0.25, 0.3) is 0 Å². The van der Waals surface area contributed by atoms with Crippen molar-refractivity contribution in [3.63, 3.8) is 0 Å². The van der Waals surface area contributed by atoms with Gasteiger partial charge in [0.1, 0.15) is 5.60 Å². The van der Waals surface area contributed by atoms with Gasteiger partial charge in [-0.05, 0) is 46.8 Å². The lowest BCUT2D eigenvalue weighted by Crippen LogP contribution is -2.44. The minimum absolute atomic E-state index is 0.0972. The van der Waals surface area contributed by atoms with Crippen LogP contribution in [0.15, 0.2) is 24.3 Å². The van der Waals surface area contributed by atoms with Crippen molar-refractivity contribution >= 4 is 23.5 Å². The third-order valence-electron chi connectivity index (χ3n) is 4.90. The summed E-state index contributed by atoms with van der Waals surface area (Å²) in [6.07, 6.45) is -0.448. The Morgan fingerprint density at radius 3 is 2.37 bits per heavy atom. The maximum Gasteiger partial charge on any atom is 0.411 e. The standard InChI is InChI=1S/C20H25N5O5/c1-19(2,3)30-18(27)24-11-14-15(20(24,4)5)23(6)22-16(14)21-17(26)12-7-9-13(10-8-12)25(28)29/h7-10H,11H2,1-6H3,(H,21,22,26). The Morgan fingerprint density at radius 1 is 1.23 bits per heavy atom. The van der Waals surface area contributed by atoms with Gasteiger partial charge in [0.15, 0.2) is 5.82 Å². The summed E-state index contributed by atoms with van der Waals surface area (Å²) in [7, 11) is 1.75. The van der Waals surface area contributed by atoms with Gasteiger partial charge in [-0.25, -0.2) is 4.79 Å². The molecule has 1 aliphatic heterocycles. The van der Waals surface area contributed by atoms with Gasteiger partial charge < -0.3 is 10.1 Å². The lowest BCUT2D eigenvalue weighted by Gasteiger charge is -2.34. The molecule has 0 fully saturated rings. The highest BCUT2D eigenvalue weighted by atomic mass is 16.6. The van der Waals surface area contributed by atoms with E-state index < -0.39 is 28.1 Å². The fourth-order valence-corrected chi connectivity index (χ4v) is 3.59. The van der Waals surface area contributed by atoms with E-state index in [0.717, 1.165) is 11.3 Å². The van der Waals surface area contributed by atoms with Crippen LogP contribution in [0, 0.1) is 10.1 Å². The minimum atomic E-state index is -0.685. The molecule has 10 heteroatoms. The molecule has 3 rings (SSSR count). The number of hydrogen-bond donors (Lipinski definition) is 1. The van der Waals surface area contributed by atoms with Gasteiger partial charge >= 0.3 is 6.09 Å². The molecule has 10 nitrogen and oxygen atoms in total. The number of nitro benzene ring substituents is 1. The molecule has 0 bridgehead atoms. The number of aryl methyl sites for hydroxylation is 1. The maximum absolute atomic E-state index is 12.7. The van der Waals surface area contributed by atoms with Crippen molar-refractivity contribution in [3.8, 4) is 0 Å². The average Bonchev–Trinajstić information content (AvgIpc) is 3.08. The SMILES string of the molecule is Cn1nc(NC(=O)c2ccc([N+](=O)[O-])cc2)c2c1C(C)(C)N(C(=O)OC(C)(C)C)C2. The fourth-order valence-electron chi connectivity index (χ4n) is 3.59. The Labute approximate surface area is 174 Å². The molecule has 1 aliphatic rings. The zero-order valence-corrected chi connectivity index (χ0v) is 17.8. The summed E-state index contributed by atoms with van der Waals surface area (Å²) in [6.45, 7) is 9.44. The average molecular weight is 415 g/mol. The van der Waals surface area contributed by atoms with Crippen molar-refractivity contribution in [1.82, 2.24) is 14.7 Å². The van der Waals surface area contributed by atoms with Crippen molar-refractivity contribution < 1.29 is 19.2 Å². The molecule has 0 unspecified atom stereocenters. The molecular formula is C20H25N5O5. The normalized spacial score (nSPS) is 14.9. The van der Waals surface area contributed by atoms with Crippen LogP contribution in [-0.4, -0.2) is 37.2 Å². The number of hydrogen-bond acceptors (Lipinski definition) is 6. The first kappa shape index (κ1) is 21.3. The number of fused-ring (bicyclic) bond motifs is 1. The zero-order valence-electron chi connectivity index (χ0n) is 17.8. The number of benzene rings is 1. The second-order valence-corrected chi connectivity index (χ2v) is 8.68. The Morgan fingerprint density at radius 2 is 1.83 bits per heavy atom. The van der Waals surface area contributed by atoms with Crippen LogP contribution in [0.4, 0.5) is 16.3 Å². The molecule has 1 aromatic heterocycles. The largest absolute Gasteiger partial charge is 0.444 e. The second kappa shape index (κ2) is 7.12. The van der Waals surface area contributed by atoms with E-state index in [1.165, 1.54) is 24.3 Å². The van der Waals surface area contributed by atoms with Crippen LogP contribution < -0.4 is 5.32 Å². The molecular weight excluding hydrogens is 390 g/mol. The number of non-ortho nitro benzene ring substituents is 1. The highest BCUT2D eigenvalue weighted by Gasteiger charge is 2.46. The number of carbonyl (C=O) groups is 2. The molecule has 30 heavy (non-hydrogen) atoms. The quantitative estimate of drug-likeness (QED) is 0.604. The summed E-state index contributed by atoms with van der Waals surface area (Å²) in [5, 5.41) is 17.9. The zero-order chi connectivity index (χ0) is 22.4. The molecule has 1 N–H and O–H groups in total. The van der Waals surface area contributed by atoms with Gasteiger partial charge in [0, 0.05) is 30.3 Å². The van der Waals surface area contributed by atoms with E-state index in [1.807, 2.05) is 13.8 Å². The number of nitro groups is 1. The van der Waals surface area contributed by atoms with Crippen molar-refractivity contribution in [2.24, 2.45) is 7.05 Å². The fraction of sp³-hybridized carbons (Fsp3) is 0.450. The van der Waals surface area contributed by atoms with Gasteiger partial charge in [0.2, 0.25) is 0 Å². The van der Waals surface area contributed by atoms with Crippen molar-refractivity contribution in [2.75, 3.05) is 5.32 Å². The van der Waals surface area contributed by atoms with E-state index >= 15 is 0 Å². The van der Waals surface area contributed by atoms with Crippen LogP contribution >= 0.6 is 0 Å². The third-order valence-corrected chi connectivity index (χ3v) is 4.90. The van der Waals surface area contributed by atoms with Crippen LogP contribution in [0.3, 0.4) is 0 Å². The lowest BCUT2D eigenvalue weighted by molar-refractivity contribution is -0.384. The molecule has 0 saturated carbocycles. The first-order chi connectivity index (χ1) is 13.8. The van der Waals surface area contributed by atoms with Crippen LogP contribution in [0.2, 0.25) is 0 Å².